The lowest BCUT2D eigenvalue weighted by atomic mass is 10.1. The van der Waals surface area contributed by atoms with Gasteiger partial charge in [-0.05, 0) is 32.7 Å². The van der Waals surface area contributed by atoms with Crippen LogP contribution in [0.25, 0.3) is 0 Å². The number of aryl methyl sites for hydroxylation is 1. The second kappa shape index (κ2) is 6.24. The van der Waals surface area contributed by atoms with Crippen LogP contribution in [0.1, 0.15) is 23.4 Å². The Labute approximate surface area is 120 Å². The quantitative estimate of drug-likeness (QED) is 0.773. The largest absolute Gasteiger partial charge is 0.394 e. The molecule has 0 spiro atoms. The second-order valence-corrected chi connectivity index (χ2v) is 7.72. The molecule has 1 saturated heterocycles. The zero-order chi connectivity index (χ0) is 14.8. The van der Waals surface area contributed by atoms with Gasteiger partial charge in [-0.25, -0.2) is 8.42 Å². The molecule has 1 aromatic rings. The number of hydrogen-bond donors (Lipinski definition) is 2. The molecular weight excluding hydrogens is 278 g/mol. The molecule has 1 aliphatic heterocycles. The average Bonchev–Trinajstić information content (AvgIpc) is 2.84. The van der Waals surface area contributed by atoms with Crippen LogP contribution in [0.4, 0.5) is 0 Å². The molecule has 0 bridgehead atoms. The van der Waals surface area contributed by atoms with E-state index >= 15 is 0 Å². The zero-order valence-electron chi connectivity index (χ0n) is 12.1. The Balaban J connectivity index is 1.88. The topological polar surface area (TPSA) is 84.2 Å². The first-order valence-electron chi connectivity index (χ1n) is 6.98. The fourth-order valence-electron chi connectivity index (χ4n) is 2.74. The van der Waals surface area contributed by atoms with E-state index in [0.29, 0.717) is 24.6 Å². The number of aliphatic hydroxyl groups is 1. The van der Waals surface area contributed by atoms with Gasteiger partial charge in [0.1, 0.15) is 0 Å². The Morgan fingerprint density at radius 3 is 2.80 bits per heavy atom. The SMILES string of the molecule is Cc1nn(CCO)c(C)c1CNCC1CCS(=O)(=O)C1. The Kier molecular flexibility index (Phi) is 4.82. The molecule has 2 rings (SSSR count). The fourth-order valence-corrected chi connectivity index (χ4v) is 4.60. The molecule has 1 unspecified atom stereocenters. The van der Waals surface area contributed by atoms with Gasteiger partial charge in [0.2, 0.25) is 0 Å². The van der Waals surface area contributed by atoms with Crippen LogP contribution in [-0.4, -0.2) is 48.0 Å². The van der Waals surface area contributed by atoms with E-state index in [9.17, 15) is 8.42 Å². The highest BCUT2D eigenvalue weighted by molar-refractivity contribution is 7.91. The van der Waals surface area contributed by atoms with E-state index in [-0.39, 0.29) is 12.5 Å². The van der Waals surface area contributed by atoms with Crippen LogP contribution < -0.4 is 5.32 Å². The van der Waals surface area contributed by atoms with Crippen molar-refractivity contribution in [3.63, 3.8) is 0 Å². The van der Waals surface area contributed by atoms with Gasteiger partial charge in [-0.3, -0.25) is 4.68 Å². The smallest absolute Gasteiger partial charge is 0.150 e. The van der Waals surface area contributed by atoms with Crippen LogP contribution in [0, 0.1) is 19.8 Å². The monoisotopic (exact) mass is 301 g/mol. The standard InChI is InChI=1S/C13H23N3O3S/c1-10-13(11(2)16(15-10)4-5-17)8-14-7-12-3-6-20(18,19)9-12/h12,14,17H,3-9H2,1-2H3. The maximum Gasteiger partial charge on any atom is 0.150 e. The number of aromatic nitrogens is 2. The van der Waals surface area contributed by atoms with Gasteiger partial charge < -0.3 is 10.4 Å². The highest BCUT2D eigenvalue weighted by atomic mass is 32.2. The molecule has 20 heavy (non-hydrogen) atoms. The third kappa shape index (κ3) is 3.59. The highest BCUT2D eigenvalue weighted by Crippen LogP contribution is 2.18. The molecule has 1 atom stereocenters. The summed E-state index contributed by atoms with van der Waals surface area (Å²) in [6.07, 6.45) is 0.761. The number of rotatable bonds is 6. The van der Waals surface area contributed by atoms with E-state index in [4.69, 9.17) is 5.11 Å². The predicted molar refractivity (Wildman–Crippen MR) is 77.3 cm³/mol. The number of aliphatic hydroxyl groups excluding tert-OH is 1. The van der Waals surface area contributed by atoms with Crippen molar-refractivity contribution in [3.8, 4) is 0 Å². The molecule has 1 fully saturated rings. The van der Waals surface area contributed by atoms with Crippen molar-refractivity contribution in [1.82, 2.24) is 15.1 Å². The molecule has 2 N–H and O–H groups in total. The van der Waals surface area contributed by atoms with Crippen molar-refractivity contribution >= 4 is 9.84 Å². The van der Waals surface area contributed by atoms with Gasteiger partial charge in [0.05, 0.1) is 30.4 Å². The van der Waals surface area contributed by atoms with Gasteiger partial charge in [0, 0.05) is 17.8 Å². The van der Waals surface area contributed by atoms with E-state index in [1.54, 1.807) is 0 Å². The van der Waals surface area contributed by atoms with Gasteiger partial charge in [-0.2, -0.15) is 5.10 Å². The Hall–Kier alpha value is -0.920. The summed E-state index contributed by atoms with van der Waals surface area (Å²) in [4.78, 5) is 0. The zero-order valence-corrected chi connectivity index (χ0v) is 12.9. The summed E-state index contributed by atoms with van der Waals surface area (Å²) < 4.78 is 24.6. The van der Waals surface area contributed by atoms with E-state index in [0.717, 1.165) is 29.9 Å². The van der Waals surface area contributed by atoms with Crippen LogP contribution in [0.3, 0.4) is 0 Å². The summed E-state index contributed by atoms with van der Waals surface area (Å²) in [7, 11) is -2.79. The lowest BCUT2D eigenvalue weighted by molar-refractivity contribution is 0.267. The third-order valence-electron chi connectivity index (χ3n) is 3.90. The molecule has 1 aromatic heterocycles. The second-order valence-electron chi connectivity index (χ2n) is 5.50. The molecule has 2 heterocycles. The maximum atomic E-state index is 11.4. The van der Waals surface area contributed by atoms with Crippen molar-refractivity contribution in [2.75, 3.05) is 24.7 Å². The van der Waals surface area contributed by atoms with E-state index < -0.39 is 9.84 Å². The minimum Gasteiger partial charge on any atom is -0.394 e. The number of sulfone groups is 1. The first-order chi connectivity index (χ1) is 9.43. The van der Waals surface area contributed by atoms with Crippen molar-refractivity contribution in [1.29, 1.82) is 0 Å². The molecule has 1 aliphatic rings. The van der Waals surface area contributed by atoms with Gasteiger partial charge in [-0.1, -0.05) is 0 Å². The Morgan fingerprint density at radius 1 is 1.45 bits per heavy atom. The minimum atomic E-state index is -2.79. The highest BCUT2D eigenvalue weighted by Gasteiger charge is 2.27. The third-order valence-corrected chi connectivity index (χ3v) is 5.74. The van der Waals surface area contributed by atoms with Crippen molar-refractivity contribution in [2.24, 2.45) is 5.92 Å². The van der Waals surface area contributed by atoms with Crippen LogP contribution in [0.15, 0.2) is 0 Å². The lowest BCUT2D eigenvalue weighted by Crippen LogP contribution is -2.23. The number of nitrogens with zero attached hydrogens (tertiary/aromatic N) is 2. The van der Waals surface area contributed by atoms with Gasteiger partial charge in [-0.15, -0.1) is 0 Å². The van der Waals surface area contributed by atoms with Crippen molar-refractivity contribution in [3.05, 3.63) is 17.0 Å². The van der Waals surface area contributed by atoms with E-state index in [1.807, 2.05) is 18.5 Å². The summed E-state index contributed by atoms with van der Waals surface area (Å²) in [5, 5.41) is 16.7. The molecule has 0 aromatic carbocycles. The molecular formula is C13H23N3O3S. The van der Waals surface area contributed by atoms with Gasteiger partial charge in [0.15, 0.2) is 9.84 Å². The van der Waals surface area contributed by atoms with Crippen LogP contribution >= 0.6 is 0 Å². The average molecular weight is 301 g/mol. The summed E-state index contributed by atoms with van der Waals surface area (Å²) in [5.74, 6) is 0.862. The summed E-state index contributed by atoms with van der Waals surface area (Å²) in [6, 6.07) is 0. The molecule has 0 amide bonds. The normalized spacial score (nSPS) is 21.4. The maximum absolute atomic E-state index is 11.4. The molecule has 0 saturated carbocycles. The predicted octanol–water partition coefficient (Wildman–Crippen LogP) is 0.0165. The Morgan fingerprint density at radius 2 is 2.20 bits per heavy atom. The molecule has 114 valence electrons. The minimum absolute atomic E-state index is 0.0781. The van der Waals surface area contributed by atoms with Crippen molar-refractivity contribution < 1.29 is 13.5 Å². The molecule has 7 heteroatoms. The lowest BCUT2D eigenvalue weighted by Gasteiger charge is -2.10. The molecule has 0 aliphatic carbocycles. The van der Waals surface area contributed by atoms with Gasteiger partial charge in [0.25, 0.3) is 0 Å². The van der Waals surface area contributed by atoms with Gasteiger partial charge >= 0.3 is 0 Å². The molecule has 6 nitrogen and oxygen atoms in total. The Bertz CT molecular complexity index is 566. The number of hydrogen-bond acceptors (Lipinski definition) is 5. The summed E-state index contributed by atoms with van der Waals surface area (Å²) in [6.45, 7) is 5.95. The first-order valence-corrected chi connectivity index (χ1v) is 8.80. The van der Waals surface area contributed by atoms with Crippen LogP contribution in [0.2, 0.25) is 0 Å². The fraction of sp³-hybridized carbons (Fsp3) is 0.769. The van der Waals surface area contributed by atoms with Crippen LogP contribution in [0.5, 0.6) is 0 Å². The molecule has 0 radical (unpaired) electrons. The van der Waals surface area contributed by atoms with Crippen LogP contribution in [-0.2, 0) is 22.9 Å². The number of nitrogens with one attached hydrogen (secondary N) is 1. The summed E-state index contributed by atoms with van der Waals surface area (Å²) >= 11 is 0. The first kappa shape index (κ1) is 15.5. The van der Waals surface area contributed by atoms with E-state index in [2.05, 4.69) is 10.4 Å². The van der Waals surface area contributed by atoms with Crippen molar-refractivity contribution in [2.45, 2.75) is 33.4 Å². The van der Waals surface area contributed by atoms with E-state index in [1.165, 1.54) is 0 Å². The summed E-state index contributed by atoms with van der Waals surface area (Å²) in [5.41, 5.74) is 3.16.